The smallest absolute Gasteiger partial charge is 0.433 e. The van der Waals surface area contributed by atoms with Gasteiger partial charge in [-0.1, -0.05) is 18.2 Å². The van der Waals surface area contributed by atoms with Crippen molar-refractivity contribution in [1.29, 1.82) is 0 Å². The predicted octanol–water partition coefficient (Wildman–Crippen LogP) is 5.31. The first-order valence-corrected chi connectivity index (χ1v) is 10.7. The highest BCUT2D eigenvalue weighted by Crippen LogP contribution is 2.36. The van der Waals surface area contributed by atoms with Crippen molar-refractivity contribution in [3.63, 3.8) is 0 Å². The molecule has 1 N–H and O–H groups in total. The topological polar surface area (TPSA) is 54.5 Å². The van der Waals surface area contributed by atoms with Gasteiger partial charge in [-0.25, -0.2) is 8.78 Å². The van der Waals surface area contributed by atoms with Crippen molar-refractivity contribution in [3.8, 4) is 5.75 Å². The Hall–Kier alpha value is -3.69. The molecule has 0 bridgehead atoms. The number of aryl methyl sites for hydroxylation is 1. The van der Waals surface area contributed by atoms with Crippen LogP contribution in [-0.4, -0.2) is 31.6 Å². The highest BCUT2D eigenvalue weighted by Gasteiger charge is 2.32. The van der Waals surface area contributed by atoms with Crippen LogP contribution in [-0.2, 0) is 17.4 Å². The first kappa shape index (κ1) is 25.9. The minimum atomic E-state index is -4.52. The third kappa shape index (κ3) is 6.46. The van der Waals surface area contributed by atoms with E-state index in [9.17, 15) is 26.7 Å². The van der Waals surface area contributed by atoms with E-state index < -0.39 is 29.5 Å². The molecule has 0 aliphatic heterocycles. The van der Waals surface area contributed by atoms with Gasteiger partial charge in [-0.2, -0.15) is 13.2 Å². The van der Waals surface area contributed by atoms with Crippen LogP contribution in [0.25, 0.3) is 0 Å². The zero-order chi connectivity index (χ0) is 25.6. The lowest BCUT2D eigenvalue weighted by Gasteiger charge is -2.34. The summed E-state index contributed by atoms with van der Waals surface area (Å²) in [6.45, 7) is 0.248. The number of halogens is 5. The third-order valence-corrected chi connectivity index (χ3v) is 5.42. The van der Waals surface area contributed by atoms with Crippen LogP contribution < -0.4 is 15.0 Å². The fourth-order valence-corrected chi connectivity index (χ4v) is 3.73. The minimum absolute atomic E-state index is 0.192. The van der Waals surface area contributed by atoms with Crippen molar-refractivity contribution < 1.29 is 31.5 Å². The van der Waals surface area contributed by atoms with E-state index >= 15 is 0 Å². The van der Waals surface area contributed by atoms with Gasteiger partial charge in [0.25, 0.3) is 0 Å². The molecular weight excluding hydrogens is 469 g/mol. The summed E-state index contributed by atoms with van der Waals surface area (Å²) in [5.74, 6) is -1.19. The van der Waals surface area contributed by atoms with Gasteiger partial charge in [0.2, 0.25) is 5.91 Å². The quantitative estimate of drug-likeness (QED) is 0.411. The van der Waals surface area contributed by atoms with E-state index in [0.29, 0.717) is 29.7 Å². The van der Waals surface area contributed by atoms with Gasteiger partial charge in [0.1, 0.15) is 29.1 Å². The number of methoxy groups -OCH3 is 1. The Balaban J connectivity index is 1.93. The Morgan fingerprint density at radius 2 is 1.74 bits per heavy atom. The first-order chi connectivity index (χ1) is 16.6. The van der Waals surface area contributed by atoms with E-state index in [2.05, 4.69) is 10.3 Å². The van der Waals surface area contributed by atoms with Gasteiger partial charge in [0.05, 0.1) is 12.8 Å². The van der Waals surface area contributed by atoms with E-state index in [1.807, 2.05) is 0 Å². The molecule has 35 heavy (non-hydrogen) atoms. The van der Waals surface area contributed by atoms with Gasteiger partial charge in [0.15, 0.2) is 0 Å². The Bertz CT molecular complexity index is 1140. The fourth-order valence-electron chi connectivity index (χ4n) is 3.73. The zero-order valence-electron chi connectivity index (χ0n) is 19.1. The Morgan fingerprint density at radius 1 is 1.06 bits per heavy atom. The van der Waals surface area contributed by atoms with Gasteiger partial charge >= 0.3 is 6.18 Å². The molecule has 1 amide bonds. The summed E-state index contributed by atoms with van der Waals surface area (Å²) < 4.78 is 71.1. The number of anilines is 1. The van der Waals surface area contributed by atoms with Crippen LogP contribution in [0, 0.1) is 11.6 Å². The molecule has 0 radical (unpaired) electrons. The van der Waals surface area contributed by atoms with E-state index in [1.54, 1.807) is 4.90 Å². The summed E-state index contributed by atoms with van der Waals surface area (Å²) in [5.41, 5.74) is 0.530. The van der Waals surface area contributed by atoms with E-state index in [1.165, 1.54) is 68.9 Å². The summed E-state index contributed by atoms with van der Waals surface area (Å²) in [6.07, 6.45) is -2.57. The second-order valence-corrected chi connectivity index (χ2v) is 7.73. The number of ether oxygens (including phenoxy) is 1. The Morgan fingerprint density at radius 3 is 2.31 bits per heavy atom. The van der Waals surface area contributed by atoms with Crippen LogP contribution in [0.5, 0.6) is 5.75 Å². The molecule has 186 valence electrons. The second-order valence-electron chi connectivity index (χ2n) is 7.73. The molecule has 0 saturated heterocycles. The van der Waals surface area contributed by atoms with Gasteiger partial charge < -0.3 is 15.0 Å². The molecule has 0 aliphatic rings. The molecule has 0 spiro atoms. The van der Waals surface area contributed by atoms with E-state index in [-0.39, 0.29) is 18.2 Å². The molecule has 0 saturated carbocycles. The van der Waals surface area contributed by atoms with Crippen LogP contribution in [0.1, 0.15) is 29.3 Å². The maximum Gasteiger partial charge on any atom is 0.433 e. The highest BCUT2D eigenvalue weighted by molar-refractivity contribution is 5.87. The normalized spacial score (nSPS) is 12.2. The molecule has 0 fully saturated rings. The number of nitrogens with zero attached hydrogens (tertiary/aromatic N) is 2. The number of amides is 1. The Labute approximate surface area is 199 Å². The minimum Gasteiger partial charge on any atom is -0.494 e. The number of rotatable bonds is 9. The number of hydrogen-bond acceptors (Lipinski definition) is 4. The molecule has 1 aromatic heterocycles. The highest BCUT2D eigenvalue weighted by atomic mass is 19.4. The van der Waals surface area contributed by atoms with Gasteiger partial charge in [0, 0.05) is 25.9 Å². The van der Waals surface area contributed by atoms with Crippen molar-refractivity contribution in [3.05, 3.63) is 89.2 Å². The lowest BCUT2D eigenvalue weighted by atomic mass is 10.0. The average molecular weight is 493 g/mol. The molecule has 1 unspecified atom stereocenters. The number of benzene rings is 2. The van der Waals surface area contributed by atoms with Gasteiger partial charge in [-0.3, -0.25) is 9.78 Å². The van der Waals surface area contributed by atoms with Crippen molar-refractivity contribution in [2.45, 2.75) is 25.1 Å². The summed E-state index contributed by atoms with van der Waals surface area (Å²) in [5, 5.41) is 2.60. The monoisotopic (exact) mass is 493 g/mol. The summed E-state index contributed by atoms with van der Waals surface area (Å²) >= 11 is 0. The van der Waals surface area contributed by atoms with Crippen LogP contribution in [0.2, 0.25) is 0 Å². The van der Waals surface area contributed by atoms with Crippen LogP contribution >= 0.6 is 0 Å². The third-order valence-electron chi connectivity index (χ3n) is 5.42. The lowest BCUT2D eigenvalue weighted by molar-refractivity contribution is -0.141. The number of pyridine rings is 1. The van der Waals surface area contributed by atoms with Crippen LogP contribution in [0.4, 0.5) is 27.6 Å². The summed E-state index contributed by atoms with van der Waals surface area (Å²) in [4.78, 5) is 18.1. The standard InChI is InChI=1S/C25H24F5N3O2/c1-31-24(34)23(17-6-8-18(26)9-7-17)33(20-11-10-19(27)14-21(20)35-2)13-3-4-16-5-12-22(32-15-16)25(28,29)30/h5-12,14-15,23H,3-4,13H2,1-2H3,(H,31,34). The second kappa shape index (κ2) is 11.2. The van der Waals surface area contributed by atoms with Gasteiger partial charge in [-0.05, 0) is 54.3 Å². The van der Waals surface area contributed by atoms with Crippen molar-refractivity contribution in [2.75, 3.05) is 25.6 Å². The van der Waals surface area contributed by atoms with Crippen LogP contribution in [0.3, 0.4) is 0 Å². The number of hydrogen-bond donors (Lipinski definition) is 1. The van der Waals surface area contributed by atoms with Crippen molar-refractivity contribution in [2.24, 2.45) is 0 Å². The molecular formula is C25H24F5N3O2. The maximum absolute atomic E-state index is 13.9. The fraction of sp³-hybridized carbons (Fsp3) is 0.280. The average Bonchev–Trinajstić information content (AvgIpc) is 2.84. The largest absolute Gasteiger partial charge is 0.494 e. The zero-order valence-corrected chi connectivity index (χ0v) is 19.1. The molecule has 2 aromatic carbocycles. The lowest BCUT2D eigenvalue weighted by Crippen LogP contribution is -2.40. The molecule has 0 aliphatic carbocycles. The number of aromatic nitrogens is 1. The first-order valence-electron chi connectivity index (χ1n) is 10.7. The van der Waals surface area contributed by atoms with E-state index in [0.717, 1.165) is 6.07 Å². The van der Waals surface area contributed by atoms with Gasteiger partial charge in [-0.15, -0.1) is 0 Å². The summed E-state index contributed by atoms with van der Waals surface area (Å²) in [7, 11) is 2.84. The van der Waals surface area contributed by atoms with Crippen molar-refractivity contribution in [1.82, 2.24) is 10.3 Å². The molecule has 1 heterocycles. The predicted molar refractivity (Wildman–Crippen MR) is 121 cm³/mol. The number of likely N-dealkylation sites (N-methyl/N-ethyl adjacent to an activating group) is 1. The van der Waals surface area contributed by atoms with Crippen molar-refractivity contribution >= 4 is 11.6 Å². The number of carbonyl (C=O) groups excluding carboxylic acids is 1. The van der Waals surface area contributed by atoms with Crippen LogP contribution in [0.15, 0.2) is 60.8 Å². The summed E-state index contributed by atoms with van der Waals surface area (Å²) in [6, 6.07) is 10.7. The molecule has 5 nitrogen and oxygen atoms in total. The maximum atomic E-state index is 13.9. The van der Waals surface area contributed by atoms with E-state index in [4.69, 9.17) is 4.74 Å². The number of carbonyl (C=O) groups is 1. The SMILES string of the molecule is CNC(=O)C(c1ccc(F)cc1)N(CCCc1ccc(C(F)(F)F)nc1)c1ccc(F)cc1OC. The molecule has 10 heteroatoms. The number of alkyl halides is 3. The number of nitrogens with one attached hydrogen (secondary N) is 1. The molecule has 3 rings (SSSR count). The molecule has 1 atom stereocenters. The Kier molecular flexibility index (Phi) is 8.26. The molecule has 3 aromatic rings.